The standard InChI is InChI=1S/C11H10BrFN2O2/c12-8-5-9(13)10(14-6-8)15-3-1-7(2-4-15)11(16)17/h1,5-6H,2-4H2,(H,16,17). The van der Waals surface area contributed by atoms with Gasteiger partial charge in [0, 0.05) is 29.3 Å². The van der Waals surface area contributed by atoms with Crippen LogP contribution in [0.25, 0.3) is 0 Å². The summed E-state index contributed by atoms with van der Waals surface area (Å²) in [5.41, 5.74) is 0.374. The molecular formula is C11H10BrFN2O2. The molecule has 0 fully saturated rings. The van der Waals surface area contributed by atoms with Gasteiger partial charge in [-0.2, -0.15) is 0 Å². The van der Waals surface area contributed by atoms with Crippen molar-refractivity contribution in [2.24, 2.45) is 0 Å². The third-order valence-corrected chi connectivity index (χ3v) is 3.01. The molecule has 0 spiro atoms. The minimum absolute atomic E-state index is 0.258. The van der Waals surface area contributed by atoms with Crippen molar-refractivity contribution in [1.82, 2.24) is 4.98 Å². The van der Waals surface area contributed by atoms with Crippen LogP contribution in [0.15, 0.2) is 28.4 Å². The molecule has 17 heavy (non-hydrogen) atoms. The van der Waals surface area contributed by atoms with Crippen LogP contribution in [-0.4, -0.2) is 29.1 Å². The molecule has 1 aromatic heterocycles. The van der Waals surface area contributed by atoms with Crippen molar-refractivity contribution in [3.05, 3.63) is 34.2 Å². The molecule has 1 aliphatic rings. The van der Waals surface area contributed by atoms with E-state index in [4.69, 9.17) is 5.11 Å². The second-order valence-electron chi connectivity index (χ2n) is 3.69. The average Bonchev–Trinajstić information content (AvgIpc) is 2.29. The van der Waals surface area contributed by atoms with Gasteiger partial charge in [-0.15, -0.1) is 0 Å². The Morgan fingerprint density at radius 3 is 2.88 bits per heavy atom. The predicted molar refractivity (Wildman–Crippen MR) is 64.4 cm³/mol. The number of anilines is 1. The molecule has 0 saturated carbocycles. The van der Waals surface area contributed by atoms with E-state index in [1.165, 1.54) is 12.3 Å². The Kier molecular flexibility index (Phi) is 3.42. The molecule has 0 aliphatic carbocycles. The van der Waals surface area contributed by atoms with E-state index in [1.807, 2.05) is 0 Å². The van der Waals surface area contributed by atoms with Gasteiger partial charge in [-0.25, -0.2) is 14.2 Å². The number of carboxylic acid groups (broad SMARTS) is 1. The molecule has 0 amide bonds. The van der Waals surface area contributed by atoms with Crippen molar-refractivity contribution in [2.75, 3.05) is 18.0 Å². The Morgan fingerprint density at radius 2 is 2.35 bits per heavy atom. The second-order valence-corrected chi connectivity index (χ2v) is 4.61. The molecule has 0 bridgehead atoms. The molecule has 0 radical (unpaired) electrons. The van der Waals surface area contributed by atoms with E-state index in [-0.39, 0.29) is 5.82 Å². The largest absolute Gasteiger partial charge is 0.478 e. The van der Waals surface area contributed by atoms with Crippen LogP contribution in [0.2, 0.25) is 0 Å². The molecule has 1 aliphatic heterocycles. The third kappa shape index (κ3) is 2.63. The summed E-state index contributed by atoms with van der Waals surface area (Å²) < 4.78 is 14.2. The zero-order valence-corrected chi connectivity index (χ0v) is 10.4. The van der Waals surface area contributed by atoms with Crippen LogP contribution >= 0.6 is 15.9 Å². The number of pyridine rings is 1. The molecular weight excluding hydrogens is 291 g/mol. The van der Waals surface area contributed by atoms with Gasteiger partial charge in [0.25, 0.3) is 0 Å². The SMILES string of the molecule is O=C(O)C1=CCN(c2ncc(Br)cc2F)CC1. The van der Waals surface area contributed by atoms with Gasteiger partial charge in [-0.05, 0) is 28.4 Å². The van der Waals surface area contributed by atoms with Crippen molar-refractivity contribution in [3.8, 4) is 0 Å². The van der Waals surface area contributed by atoms with Crippen molar-refractivity contribution in [1.29, 1.82) is 0 Å². The molecule has 2 heterocycles. The van der Waals surface area contributed by atoms with Crippen molar-refractivity contribution in [2.45, 2.75) is 6.42 Å². The number of aromatic nitrogens is 1. The lowest BCUT2D eigenvalue weighted by atomic mass is 10.1. The highest BCUT2D eigenvalue weighted by molar-refractivity contribution is 9.10. The van der Waals surface area contributed by atoms with Crippen LogP contribution in [0, 0.1) is 5.82 Å². The number of nitrogens with zero attached hydrogens (tertiary/aromatic N) is 2. The number of carbonyl (C=O) groups is 1. The lowest BCUT2D eigenvalue weighted by Crippen LogP contribution is -2.31. The first-order chi connectivity index (χ1) is 8.08. The third-order valence-electron chi connectivity index (χ3n) is 2.57. The van der Waals surface area contributed by atoms with Gasteiger partial charge >= 0.3 is 5.97 Å². The average molecular weight is 301 g/mol. The van der Waals surface area contributed by atoms with Crippen LogP contribution in [0.1, 0.15) is 6.42 Å². The first kappa shape index (κ1) is 12.0. The van der Waals surface area contributed by atoms with Gasteiger partial charge in [-0.1, -0.05) is 6.08 Å². The van der Waals surface area contributed by atoms with E-state index in [0.717, 1.165) is 0 Å². The molecule has 90 valence electrons. The zero-order valence-electron chi connectivity index (χ0n) is 8.86. The molecule has 4 nitrogen and oxygen atoms in total. The first-order valence-electron chi connectivity index (χ1n) is 5.06. The predicted octanol–water partition coefficient (Wildman–Crippen LogP) is 2.20. The van der Waals surface area contributed by atoms with E-state index in [0.29, 0.717) is 29.6 Å². The molecule has 0 aromatic carbocycles. The Labute approximate surface area is 106 Å². The van der Waals surface area contributed by atoms with Gasteiger partial charge < -0.3 is 10.0 Å². The lowest BCUT2D eigenvalue weighted by molar-refractivity contribution is -0.132. The first-order valence-corrected chi connectivity index (χ1v) is 5.85. The number of hydrogen-bond donors (Lipinski definition) is 1. The van der Waals surface area contributed by atoms with Gasteiger partial charge in [0.2, 0.25) is 0 Å². The highest BCUT2D eigenvalue weighted by Crippen LogP contribution is 2.22. The highest BCUT2D eigenvalue weighted by atomic mass is 79.9. The summed E-state index contributed by atoms with van der Waals surface area (Å²) in [5.74, 6) is -1.06. The summed E-state index contributed by atoms with van der Waals surface area (Å²) >= 11 is 3.14. The molecule has 0 unspecified atom stereocenters. The summed E-state index contributed by atoms with van der Waals surface area (Å²) in [6.45, 7) is 0.830. The second kappa shape index (κ2) is 4.83. The van der Waals surface area contributed by atoms with Crippen LogP contribution in [0.4, 0.5) is 10.2 Å². The molecule has 1 aromatic rings. The fraction of sp³-hybridized carbons (Fsp3) is 0.273. The van der Waals surface area contributed by atoms with E-state index in [9.17, 15) is 9.18 Å². The maximum atomic E-state index is 13.6. The molecule has 1 N–H and O–H groups in total. The number of halogens is 2. The molecule has 6 heteroatoms. The van der Waals surface area contributed by atoms with Crippen molar-refractivity contribution >= 4 is 27.7 Å². The van der Waals surface area contributed by atoms with E-state index < -0.39 is 11.8 Å². The topological polar surface area (TPSA) is 53.4 Å². The maximum absolute atomic E-state index is 13.6. The summed E-state index contributed by atoms with van der Waals surface area (Å²) in [4.78, 5) is 16.4. The maximum Gasteiger partial charge on any atom is 0.331 e. The van der Waals surface area contributed by atoms with Crippen LogP contribution in [-0.2, 0) is 4.79 Å². The Balaban J connectivity index is 2.18. The fourth-order valence-corrected chi connectivity index (χ4v) is 2.00. The summed E-state index contributed by atoms with van der Waals surface area (Å²) in [6, 6.07) is 1.35. The van der Waals surface area contributed by atoms with Gasteiger partial charge in [0.05, 0.1) is 0 Å². The molecule has 0 saturated heterocycles. The smallest absolute Gasteiger partial charge is 0.331 e. The number of aliphatic carboxylic acids is 1. The minimum atomic E-state index is -0.908. The van der Waals surface area contributed by atoms with Gasteiger partial charge in [0.15, 0.2) is 11.6 Å². The van der Waals surface area contributed by atoms with Crippen LogP contribution < -0.4 is 4.90 Å². The normalized spacial score (nSPS) is 15.6. The lowest BCUT2D eigenvalue weighted by Gasteiger charge is -2.26. The highest BCUT2D eigenvalue weighted by Gasteiger charge is 2.19. The van der Waals surface area contributed by atoms with Crippen molar-refractivity contribution in [3.63, 3.8) is 0 Å². The monoisotopic (exact) mass is 300 g/mol. The molecule has 0 atom stereocenters. The Bertz CT molecular complexity index is 490. The zero-order chi connectivity index (χ0) is 12.4. The number of carboxylic acids is 1. The summed E-state index contributed by atoms with van der Waals surface area (Å²) in [7, 11) is 0. The number of hydrogen-bond acceptors (Lipinski definition) is 3. The van der Waals surface area contributed by atoms with Crippen LogP contribution in [0.3, 0.4) is 0 Å². The summed E-state index contributed by atoms with van der Waals surface area (Å²) in [5, 5.41) is 8.80. The van der Waals surface area contributed by atoms with E-state index in [2.05, 4.69) is 20.9 Å². The van der Waals surface area contributed by atoms with Crippen molar-refractivity contribution < 1.29 is 14.3 Å². The summed E-state index contributed by atoms with van der Waals surface area (Å²) in [6.07, 6.45) is 3.51. The van der Waals surface area contributed by atoms with Gasteiger partial charge in [-0.3, -0.25) is 0 Å². The number of rotatable bonds is 2. The Morgan fingerprint density at radius 1 is 1.59 bits per heavy atom. The van der Waals surface area contributed by atoms with Crippen LogP contribution in [0.5, 0.6) is 0 Å². The Hall–Kier alpha value is -1.43. The van der Waals surface area contributed by atoms with E-state index in [1.54, 1.807) is 11.0 Å². The van der Waals surface area contributed by atoms with E-state index >= 15 is 0 Å². The minimum Gasteiger partial charge on any atom is -0.478 e. The molecule has 2 rings (SSSR count). The quantitative estimate of drug-likeness (QED) is 0.910. The fourth-order valence-electron chi connectivity index (χ4n) is 1.70. The van der Waals surface area contributed by atoms with Gasteiger partial charge in [0.1, 0.15) is 0 Å².